The minimum absolute atomic E-state index is 0.142. The molecule has 2 rings (SSSR count). The molecule has 0 atom stereocenters. The Hall–Kier alpha value is -1.07. The predicted octanol–water partition coefficient (Wildman–Crippen LogP) is 3.71. The van der Waals surface area contributed by atoms with Crippen molar-refractivity contribution in [3.8, 4) is 0 Å². The largest absolute Gasteiger partial charge is 0.348 e. The lowest BCUT2D eigenvalue weighted by Crippen LogP contribution is -2.34. The molecule has 0 aliphatic carbocycles. The molecule has 0 aliphatic rings. The van der Waals surface area contributed by atoms with Crippen molar-refractivity contribution < 1.29 is 0 Å². The number of aryl methyl sites for hydroxylation is 2. The molecular weight excluding hydrogens is 328 g/mol. The third kappa shape index (κ3) is 4.20. The van der Waals surface area contributed by atoms with Crippen LogP contribution in [0.5, 0.6) is 0 Å². The van der Waals surface area contributed by atoms with Crippen molar-refractivity contribution in [2.75, 3.05) is 0 Å². The first-order valence-electron chi connectivity index (χ1n) is 7.41. The summed E-state index contributed by atoms with van der Waals surface area (Å²) < 4.78 is 5.40. The minimum atomic E-state index is 0.142. The maximum Gasteiger partial charge on any atom is 0.0739 e. The van der Waals surface area contributed by atoms with Crippen LogP contribution in [0, 0.1) is 6.92 Å². The molecule has 1 N–H and O–H groups in total. The second kappa shape index (κ2) is 6.36. The molecule has 2 aromatic rings. The molecule has 4 nitrogen and oxygen atoms in total. The van der Waals surface area contributed by atoms with E-state index in [9.17, 15) is 0 Å². The van der Waals surface area contributed by atoms with Gasteiger partial charge < -0.3 is 9.88 Å². The summed E-state index contributed by atoms with van der Waals surface area (Å²) in [4.78, 5) is 0. The third-order valence-corrected chi connectivity index (χ3v) is 4.45. The molecule has 2 heterocycles. The molecule has 2 aromatic heterocycles. The number of hydrogen-bond acceptors (Lipinski definition) is 2. The Bertz CT molecular complexity index is 604. The second-order valence-corrected chi connectivity index (χ2v) is 7.25. The van der Waals surface area contributed by atoms with Crippen molar-refractivity contribution >= 4 is 15.9 Å². The van der Waals surface area contributed by atoms with Gasteiger partial charge in [0.05, 0.1) is 22.4 Å². The Morgan fingerprint density at radius 3 is 2.67 bits per heavy atom. The topological polar surface area (TPSA) is 34.8 Å². The first-order chi connectivity index (χ1) is 9.80. The van der Waals surface area contributed by atoms with Gasteiger partial charge in [0, 0.05) is 31.0 Å². The van der Waals surface area contributed by atoms with E-state index in [1.807, 2.05) is 6.92 Å². The summed E-state index contributed by atoms with van der Waals surface area (Å²) in [5, 5.41) is 8.06. The van der Waals surface area contributed by atoms with Gasteiger partial charge in [0.25, 0.3) is 0 Å². The summed E-state index contributed by atoms with van der Waals surface area (Å²) in [5.41, 5.74) is 3.72. The van der Waals surface area contributed by atoms with Crippen LogP contribution in [-0.2, 0) is 19.6 Å². The first kappa shape index (κ1) is 16.3. The lowest BCUT2D eigenvalue weighted by atomic mass is 10.1. The molecule has 0 fully saturated rings. The van der Waals surface area contributed by atoms with Crippen molar-refractivity contribution in [3.05, 3.63) is 39.9 Å². The van der Waals surface area contributed by atoms with Gasteiger partial charge in [-0.05, 0) is 62.2 Å². The van der Waals surface area contributed by atoms with Crippen LogP contribution < -0.4 is 5.32 Å². The average molecular weight is 353 g/mol. The van der Waals surface area contributed by atoms with E-state index >= 15 is 0 Å². The van der Waals surface area contributed by atoms with Gasteiger partial charge in [-0.25, -0.2) is 0 Å². The van der Waals surface area contributed by atoms with Crippen LogP contribution in [0.3, 0.4) is 0 Å². The van der Waals surface area contributed by atoms with Crippen LogP contribution in [0.15, 0.2) is 22.9 Å². The summed E-state index contributed by atoms with van der Waals surface area (Å²) in [5.74, 6) is 0. The Labute approximate surface area is 135 Å². The molecule has 0 radical (unpaired) electrons. The molecule has 0 spiro atoms. The maximum absolute atomic E-state index is 4.54. The molecular formula is C16H25BrN4. The van der Waals surface area contributed by atoms with Crippen molar-refractivity contribution in [3.63, 3.8) is 0 Å². The molecule has 0 saturated carbocycles. The van der Waals surface area contributed by atoms with Gasteiger partial charge in [0.1, 0.15) is 0 Å². The standard InChI is InChI=1S/C16H25BrN4/c1-6-21-14(15(17)12(2)19-21)11-20-8-7-13(10-20)9-18-16(3,4)5/h7-8,10,18H,6,9,11H2,1-5H3. The summed E-state index contributed by atoms with van der Waals surface area (Å²) >= 11 is 3.65. The van der Waals surface area contributed by atoms with Crippen molar-refractivity contribution in [2.24, 2.45) is 0 Å². The van der Waals surface area contributed by atoms with Gasteiger partial charge in [-0.2, -0.15) is 5.10 Å². The van der Waals surface area contributed by atoms with Gasteiger partial charge in [-0.3, -0.25) is 4.68 Å². The van der Waals surface area contributed by atoms with Gasteiger partial charge in [0.2, 0.25) is 0 Å². The van der Waals surface area contributed by atoms with Crippen LogP contribution >= 0.6 is 15.9 Å². The van der Waals surface area contributed by atoms with Crippen LogP contribution in [0.25, 0.3) is 0 Å². The molecule has 0 unspecified atom stereocenters. The normalized spacial score (nSPS) is 12.1. The average Bonchev–Trinajstić information content (AvgIpc) is 2.95. The predicted molar refractivity (Wildman–Crippen MR) is 90.5 cm³/mol. The fourth-order valence-electron chi connectivity index (χ4n) is 2.25. The molecule has 116 valence electrons. The van der Waals surface area contributed by atoms with Gasteiger partial charge >= 0.3 is 0 Å². The molecule has 0 saturated heterocycles. The summed E-state index contributed by atoms with van der Waals surface area (Å²) in [6, 6.07) is 2.17. The first-order valence-corrected chi connectivity index (χ1v) is 8.21. The van der Waals surface area contributed by atoms with Crippen molar-refractivity contribution in [2.45, 2.75) is 59.8 Å². The Morgan fingerprint density at radius 2 is 2.05 bits per heavy atom. The zero-order valence-electron chi connectivity index (χ0n) is 13.6. The number of halogens is 1. The van der Waals surface area contributed by atoms with E-state index in [-0.39, 0.29) is 5.54 Å². The van der Waals surface area contributed by atoms with Crippen molar-refractivity contribution in [1.29, 1.82) is 0 Å². The van der Waals surface area contributed by atoms with E-state index in [0.717, 1.165) is 29.8 Å². The lowest BCUT2D eigenvalue weighted by molar-refractivity contribution is 0.424. The van der Waals surface area contributed by atoms with Gasteiger partial charge in [-0.15, -0.1) is 0 Å². The molecule has 0 aromatic carbocycles. The molecule has 0 aliphatic heterocycles. The molecule has 0 bridgehead atoms. The molecule has 0 amide bonds. The SMILES string of the molecule is CCn1nc(C)c(Br)c1Cn1ccc(CNC(C)(C)C)c1. The van der Waals surface area contributed by atoms with Crippen LogP contribution in [-0.4, -0.2) is 19.9 Å². The highest BCUT2D eigenvalue weighted by Gasteiger charge is 2.13. The summed E-state index contributed by atoms with van der Waals surface area (Å²) in [6.07, 6.45) is 4.34. The number of nitrogens with zero attached hydrogens (tertiary/aromatic N) is 3. The third-order valence-electron chi connectivity index (χ3n) is 3.42. The van der Waals surface area contributed by atoms with E-state index in [4.69, 9.17) is 0 Å². The molecule has 21 heavy (non-hydrogen) atoms. The summed E-state index contributed by atoms with van der Waals surface area (Å²) in [6.45, 7) is 13.3. The zero-order valence-corrected chi connectivity index (χ0v) is 15.2. The highest BCUT2D eigenvalue weighted by molar-refractivity contribution is 9.10. The minimum Gasteiger partial charge on any atom is -0.348 e. The number of hydrogen-bond donors (Lipinski definition) is 1. The second-order valence-electron chi connectivity index (χ2n) is 6.46. The fourth-order valence-corrected chi connectivity index (χ4v) is 2.66. The zero-order chi connectivity index (χ0) is 15.6. The number of rotatable bonds is 5. The summed E-state index contributed by atoms with van der Waals surface area (Å²) in [7, 11) is 0. The fraction of sp³-hybridized carbons (Fsp3) is 0.562. The number of aromatic nitrogens is 3. The maximum atomic E-state index is 4.54. The van der Waals surface area contributed by atoms with Crippen LogP contribution in [0.1, 0.15) is 44.6 Å². The van der Waals surface area contributed by atoms with E-state index in [1.54, 1.807) is 0 Å². The van der Waals surface area contributed by atoms with Gasteiger partial charge in [-0.1, -0.05) is 0 Å². The van der Waals surface area contributed by atoms with E-state index in [1.165, 1.54) is 11.3 Å². The monoisotopic (exact) mass is 352 g/mol. The van der Waals surface area contributed by atoms with E-state index in [2.05, 4.69) is 81.7 Å². The Morgan fingerprint density at radius 1 is 1.33 bits per heavy atom. The van der Waals surface area contributed by atoms with E-state index in [0.29, 0.717) is 0 Å². The quantitative estimate of drug-likeness (QED) is 0.889. The van der Waals surface area contributed by atoms with Gasteiger partial charge in [0.15, 0.2) is 0 Å². The van der Waals surface area contributed by atoms with Crippen LogP contribution in [0.2, 0.25) is 0 Å². The lowest BCUT2D eigenvalue weighted by Gasteiger charge is -2.19. The molecule has 5 heteroatoms. The van der Waals surface area contributed by atoms with E-state index < -0.39 is 0 Å². The Balaban J connectivity index is 2.09. The number of nitrogens with one attached hydrogen (secondary N) is 1. The highest BCUT2D eigenvalue weighted by Crippen LogP contribution is 2.22. The highest BCUT2D eigenvalue weighted by atomic mass is 79.9. The van der Waals surface area contributed by atoms with Crippen LogP contribution in [0.4, 0.5) is 0 Å². The smallest absolute Gasteiger partial charge is 0.0739 e. The Kier molecular flexibility index (Phi) is 4.94. The van der Waals surface area contributed by atoms with Crippen molar-refractivity contribution in [1.82, 2.24) is 19.7 Å².